The van der Waals surface area contributed by atoms with Crippen LogP contribution in [0.3, 0.4) is 0 Å². The van der Waals surface area contributed by atoms with Crippen molar-refractivity contribution in [1.29, 1.82) is 0 Å². The van der Waals surface area contributed by atoms with E-state index in [0.717, 1.165) is 13.1 Å². The van der Waals surface area contributed by atoms with Crippen molar-refractivity contribution < 1.29 is 0 Å². The van der Waals surface area contributed by atoms with Crippen molar-refractivity contribution in [3.8, 4) is 0 Å². The molecular weight excluding hydrogens is 266 g/mol. The van der Waals surface area contributed by atoms with Gasteiger partial charge in [-0.2, -0.15) is 0 Å². The largest absolute Gasteiger partial charge is 0.317 e. The van der Waals surface area contributed by atoms with E-state index in [9.17, 15) is 0 Å². The van der Waals surface area contributed by atoms with Crippen LogP contribution < -0.4 is 5.32 Å². The maximum atomic E-state index is 3.55. The van der Waals surface area contributed by atoms with Crippen LogP contribution in [0.5, 0.6) is 0 Å². The topological polar surface area (TPSA) is 12.0 Å². The van der Waals surface area contributed by atoms with E-state index in [1.807, 2.05) is 0 Å². The van der Waals surface area contributed by atoms with Crippen LogP contribution in [0, 0.1) is 0 Å². The second-order valence-corrected chi connectivity index (χ2v) is 5.36. The molecule has 20 heavy (non-hydrogen) atoms. The second kappa shape index (κ2) is 7.47. The summed E-state index contributed by atoms with van der Waals surface area (Å²) < 4.78 is 0. The molecule has 1 aliphatic heterocycles. The van der Waals surface area contributed by atoms with E-state index in [2.05, 4.69) is 66.0 Å². The lowest BCUT2D eigenvalue weighted by atomic mass is 9.78. The van der Waals surface area contributed by atoms with Gasteiger partial charge in [-0.3, -0.25) is 0 Å². The highest BCUT2D eigenvalue weighted by Crippen LogP contribution is 2.38. The van der Waals surface area contributed by atoms with Crippen LogP contribution in [0.4, 0.5) is 0 Å². The Balaban J connectivity index is 0.00000147. The van der Waals surface area contributed by atoms with Crippen LogP contribution in [0.1, 0.15) is 35.8 Å². The van der Waals surface area contributed by atoms with Gasteiger partial charge >= 0.3 is 0 Å². The first kappa shape index (κ1) is 15.1. The summed E-state index contributed by atoms with van der Waals surface area (Å²) in [6.45, 7) is 2.26. The summed E-state index contributed by atoms with van der Waals surface area (Å²) in [5.74, 6) is 1.28. The van der Waals surface area contributed by atoms with Crippen LogP contribution in [0.25, 0.3) is 0 Å². The fraction of sp³-hybridized carbons (Fsp3) is 0.333. The van der Waals surface area contributed by atoms with Gasteiger partial charge in [0.25, 0.3) is 0 Å². The van der Waals surface area contributed by atoms with E-state index in [1.54, 1.807) is 0 Å². The second-order valence-electron chi connectivity index (χ2n) is 5.36. The molecule has 0 spiro atoms. The van der Waals surface area contributed by atoms with Crippen molar-refractivity contribution in [2.75, 3.05) is 13.1 Å². The van der Waals surface area contributed by atoms with E-state index in [0.29, 0.717) is 11.8 Å². The Bertz CT molecular complexity index is 450. The molecule has 0 radical (unpaired) electrons. The number of rotatable bonds is 2. The molecule has 1 nitrogen and oxygen atoms in total. The van der Waals surface area contributed by atoms with E-state index >= 15 is 0 Å². The van der Waals surface area contributed by atoms with Gasteiger partial charge in [0.05, 0.1) is 0 Å². The third-order valence-electron chi connectivity index (χ3n) is 4.21. The van der Waals surface area contributed by atoms with Crippen LogP contribution in [-0.4, -0.2) is 13.1 Å². The minimum atomic E-state index is 0. The van der Waals surface area contributed by atoms with E-state index in [-0.39, 0.29) is 12.4 Å². The lowest BCUT2D eigenvalue weighted by Gasteiger charge is -2.25. The zero-order chi connectivity index (χ0) is 12.9. The summed E-state index contributed by atoms with van der Waals surface area (Å²) in [6, 6.07) is 22.0. The number of halogens is 1. The molecule has 0 aliphatic carbocycles. The first-order valence-electron chi connectivity index (χ1n) is 7.26. The maximum Gasteiger partial charge on any atom is -0.00429 e. The molecule has 0 bridgehead atoms. The standard InChI is InChI=1S/C18H21N.ClH/c1-3-7-15(8-4-1)17-11-13-19-14-12-18(17)16-9-5-2-6-10-16;/h1-10,17-19H,11-14H2;1H/t17-,18-;/m0./s1. The van der Waals surface area contributed by atoms with Crippen molar-refractivity contribution >= 4 is 12.4 Å². The zero-order valence-electron chi connectivity index (χ0n) is 11.7. The lowest BCUT2D eigenvalue weighted by molar-refractivity contribution is 0.524. The SMILES string of the molecule is Cl.c1ccc([C@@H]2CCNCC[C@H]2c2ccccc2)cc1. The molecule has 1 heterocycles. The molecule has 1 saturated heterocycles. The van der Waals surface area contributed by atoms with Crippen molar-refractivity contribution in [3.63, 3.8) is 0 Å². The molecule has 2 aromatic rings. The molecule has 1 N–H and O–H groups in total. The third kappa shape index (κ3) is 3.41. The number of nitrogens with one attached hydrogen (secondary N) is 1. The first-order chi connectivity index (χ1) is 9.45. The van der Waals surface area contributed by atoms with E-state index in [4.69, 9.17) is 0 Å². The predicted octanol–water partition coefficient (Wildman–Crippen LogP) is 4.36. The highest BCUT2D eigenvalue weighted by atomic mass is 35.5. The van der Waals surface area contributed by atoms with Gasteiger partial charge in [0, 0.05) is 0 Å². The van der Waals surface area contributed by atoms with Gasteiger partial charge in [-0.25, -0.2) is 0 Å². The fourth-order valence-electron chi connectivity index (χ4n) is 3.24. The van der Waals surface area contributed by atoms with Crippen LogP contribution in [-0.2, 0) is 0 Å². The van der Waals surface area contributed by atoms with Crippen LogP contribution in [0.15, 0.2) is 60.7 Å². The van der Waals surface area contributed by atoms with Crippen LogP contribution in [0.2, 0.25) is 0 Å². The molecular formula is C18H22ClN. The minimum absolute atomic E-state index is 0. The number of benzene rings is 2. The van der Waals surface area contributed by atoms with Gasteiger partial charge in [-0.05, 0) is 48.9 Å². The molecule has 106 valence electrons. The van der Waals surface area contributed by atoms with Gasteiger partial charge in [-0.15, -0.1) is 12.4 Å². The average Bonchev–Trinajstić information content (AvgIpc) is 2.75. The zero-order valence-corrected chi connectivity index (χ0v) is 12.5. The van der Waals surface area contributed by atoms with Gasteiger partial charge in [0.1, 0.15) is 0 Å². The molecule has 0 saturated carbocycles. The molecule has 1 fully saturated rings. The summed E-state index contributed by atoms with van der Waals surface area (Å²) in [7, 11) is 0. The Kier molecular flexibility index (Phi) is 5.63. The Morgan fingerprint density at radius 3 is 1.45 bits per heavy atom. The van der Waals surface area contributed by atoms with Gasteiger partial charge in [-0.1, -0.05) is 60.7 Å². The Morgan fingerprint density at radius 1 is 0.650 bits per heavy atom. The number of hydrogen-bond acceptors (Lipinski definition) is 1. The average molecular weight is 288 g/mol. The first-order valence-corrected chi connectivity index (χ1v) is 7.26. The molecule has 2 aromatic carbocycles. The normalized spacial score (nSPS) is 22.6. The summed E-state index contributed by atoms with van der Waals surface area (Å²) in [5.41, 5.74) is 2.97. The van der Waals surface area contributed by atoms with Crippen molar-refractivity contribution in [2.24, 2.45) is 0 Å². The molecule has 1 aliphatic rings. The molecule has 2 atom stereocenters. The van der Waals surface area contributed by atoms with E-state index < -0.39 is 0 Å². The smallest absolute Gasteiger partial charge is 0.00429 e. The Morgan fingerprint density at radius 2 is 1.05 bits per heavy atom. The molecule has 0 aromatic heterocycles. The van der Waals surface area contributed by atoms with Crippen molar-refractivity contribution in [2.45, 2.75) is 24.7 Å². The van der Waals surface area contributed by atoms with E-state index in [1.165, 1.54) is 24.0 Å². The van der Waals surface area contributed by atoms with Crippen molar-refractivity contribution in [1.82, 2.24) is 5.32 Å². The van der Waals surface area contributed by atoms with Gasteiger partial charge in [0.15, 0.2) is 0 Å². The third-order valence-corrected chi connectivity index (χ3v) is 4.21. The monoisotopic (exact) mass is 287 g/mol. The summed E-state index contributed by atoms with van der Waals surface area (Å²) in [6.07, 6.45) is 2.45. The maximum absolute atomic E-state index is 3.55. The highest BCUT2D eigenvalue weighted by Gasteiger charge is 2.25. The van der Waals surface area contributed by atoms with Gasteiger partial charge in [0.2, 0.25) is 0 Å². The predicted molar refractivity (Wildman–Crippen MR) is 87.7 cm³/mol. The summed E-state index contributed by atoms with van der Waals surface area (Å²) >= 11 is 0. The molecule has 3 rings (SSSR count). The van der Waals surface area contributed by atoms with Crippen LogP contribution >= 0.6 is 12.4 Å². The molecule has 0 amide bonds. The minimum Gasteiger partial charge on any atom is -0.317 e. The number of hydrogen-bond donors (Lipinski definition) is 1. The van der Waals surface area contributed by atoms with Crippen molar-refractivity contribution in [3.05, 3.63) is 71.8 Å². The fourth-order valence-corrected chi connectivity index (χ4v) is 3.24. The highest BCUT2D eigenvalue weighted by molar-refractivity contribution is 5.85. The Labute approximate surface area is 127 Å². The summed E-state index contributed by atoms with van der Waals surface area (Å²) in [4.78, 5) is 0. The lowest BCUT2D eigenvalue weighted by Crippen LogP contribution is -2.13. The summed E-state index contributed by atoms with van der Waals surface area (Å²) in [5, 5.41) is 3.55. The molecule has 0 unspecified atom stereocenters. The molecule has 2 heteroatoms. The Hall–Kier alpha value is -1.31. The van der Waals surface area contributed by atoms with Gasteiger partial charge < -0.3 is 5.32 Å². The quantitative estimate of drug-likeness (QED) is 0.865.